The van der Waals surface area contributed by atoms with Gasteiger partial charge in [0.15, 0.2) is 0 Å². The van der Waals surface area contributed by atoms with Crippen LogP contribution in [0.5, 0.6) is 0 Å². The third kappa shape index (κ3) is 10.2. The molecular weight excluding hydrogens is 180 g/mol. The van der Waals surface area contributed by atoms with Gasteiger partial charge < -0.3 is 5.11 Å². The molecule has 0 heterocycles. The van der Waals surface area contributed by atoms with Crippen LogP contribution in [0.25, 0.3) is 0 Å². The average molecular weight is 204 g/mol. The fourth-order valence-electron chi connectivity index (χ4n) is 1.15. The lowest BCUT2D eigenvalue weighted by molar-refractivity contribution is 0.158. The highest BCUT2D eigenvalue weighted by Gasteiger charge is 2.02. The van der Waals surface area contributed by atoms with E-state index in [1.165, 1.54) is 31.4 Å². The molecule has 1 atom stereocenters. The summed E-state index contributed by atoms with van der Waals surface area (Å²) in [4.78, 5) is 0. The van der Waals surface area contributed by atoms with Gasteiger partial charge in [0, 0.05) is 0 Å². The van der Waals surface area contributed by atoms with Crippen LogP contribution in [0.2, 0.25) is 0 Å². The molecular formula is C11H24OS. The first-order chi connectivity index (χ1) is 6.31. The lowest BCUT2D eigenvalue weighted by Crippen LogP contribution is -2.07. The summed E-state index contributed by atoms with van der Waals surface area (Å²) in [6.45, 7) is 4.39. The predicted molar refractivity (Wildman–Crippen MR) is 62.4 cm³/mol. The average Bonchev–Trinajstić information content (AvgIpc) is 2.14. The van der Waals surface area contributed by atoms with Gasteiger partial charge in [-0.15, -0.1) is 0 Å². The van der Waals surface area contributed by atoms with E-state index >= 15 is 0 Å². The van der Waals surface area contributed by atoms with Gasteiger partial charge in [-0.3, -0.25) is 0 Å². The van der Waals surface area contributed by atoms with Crippen molar-refractivity contribution < 1.29 is 5.11 Å². The summed E-state index contributed by atoms with van der Waals surface area (Å²) >= 11 is 1.98. The number of hydrogen-bond acceptors (Lipinski definition) is 2. The van der Waals surface area contributed by atoms with Gasteiger partial charge in [0.25, 0.3) is 0 Å². The normalized spacial score (nSPS) is 13.2. The molecule has 0 aromatic rings. The number of unbranched alkanes of at least 4 members (excludes halogenated alkanes) is 2. The highest BCUT2D eigenvalue weighted by molar-refractivity contribution is 7.99. The van der Waals surface area contributed by atoms with Crippen molar-refractivity contribution >= 4 is 11.8 Å². The first kappa shape index (κ1) is 13.3. The van der Waals surface area contributed by atoms with Crippen LogP contribution in [0.3, 0.4) is 0 Å². The van der Waals surface area contributed by atoms with E-state index in [0.717, 1.165) is 18.6 Å². The van der Waals surface area contributed by atoms with Gasteiger partial charge in [-0.05, 0) is 30.8 Å². The zero-order valence-corrected chi connectivity index (χ0v) is 9.91. The molecule has 0 spiro atoms. The standard InChI is InChI=1S/C11H24OS/c1-3-5-7-11(12)8-10-13-9-6-4-2/h11-12H,3-10H2,1-2H3. The molecule has 0 aliphatic heterocycles. The minimum absolute atomic E-state index is 0.0472. The van der Waals surface area contributed by atoms with E-state index in [0.29, 0.717) is 0 Å². The van der Waals surface area contributed by atoms with Gasteiger partial charge >= 0.3 is 0 Å². The number of hydrogen-bond donors (Lipinski definition) is 1. The molecule has 0 aliphatic carbocycles. The molecule has 0 aromatic heterocycles. The molecule has 2 heteroatoms. The van der Waals surface area contributed by atoms with Crippen LogP contribution in [0, 0.1) is 0 Å². The summed E-state index contributed by atoms with van der Waals surface area (Å²) in [6.07, 6.45) is 6.88. The smallest absolute Gasteiger partial charge is 0.0548 e. The minimum atomic E-state index is -0.0472. The molecule has 1 unspecified atom stereocenters. The van der Waals surface area contributed by atoms with E-state index in [-0.39, 0.29) is 6.10 Å². The first-order valence-corrected chi connectivity index (χ1v) is 6.72. The number of rotatable bonds is 9. The van der Waals surface area contributed by atoms with Crippen molar-refractivity contribution in [3.05, 3.63) is 0 Å². The summed E-state index contributed by atoms with van der Waals surface area (Å²) in [5.74, 6) is 2.39. The van der Waals surface area contributed by atoms with E-state index in [1.807, 2.05) is 11.8 Å². The van der Waals surface area contributed by atoms with Crippen LogP contribution < -0.4 is 0 Å². The van der Waals surface area contributed by atoms with Crippen molar-refractivity contribution in [1.82, 2.24) is 0 Å². The van der Waals surface area contributed by atoms with E-state index in [2.05, 4.69) is 13.8 Å². The van der Waals surface area contributed by atoms with Crippen LogP contribution in [0.1, 0.15) is 52.4 Å². The van der Waals surface area contributed by atoms with Crippen LogP contribution >= 0.6 is 11.8 Å². The molecule has 0 saturated carbocycles. The maximum Gasteiger partial charge on any atom is 0.0548 e. The second-order valence-electron chi connectivity index (χ2n) is 3.55. The van der Waals surface area contributed by atoms with Crippen molar-refractivity contribution in [2.75, 3.05) is 11.5 Å². The Morgan fingerprint density at radius 3 is 2.31 bits per heavy atom. The molecule has 0 aliphatic rings. The number of aliphatic hydroxyl groups excluding tert-OH is 1. The fraction of sp³-hybridized carbons (Fsp3) is 1.00. The Morgan fingerprint density at radius 2 is 1.69 bits per heavy atom. The summed E-state index contributed by atoms with van der Waals surface area (Å²) in [5, 5.41) is 9.52. The summed E-state index contributed by atoms with van der Waals surface area (Å²) in [5.41, 5.74) is 0. The van der Waals surface area contributed by atoms with Gasteiger partial charge in [0.05, 0.1) is 6.10 Å². The summed E-state index contributed by atoms with van der Waals surface area (Å²) < 4.78 is 0. The van der Waals surface area contributed by atoms with E-state index in [4.69, 9.17) is 0 Å². The number of thioether (sulfide) groups is 1. The van der Waals surface area contributed by atoms with Gasteiger partial charge in [0.1, 0.15) is 0 Å². The highest BCUT2D eigenvalue weighted by Crippen LogP contribution is 2.11. The molecule has 1 N–H and O–H groups in total. The fourth-order valence-corrected chi connectivity index (χ4v) is 2.29. The van der Waals surface area contributed by atoms with E-state index in [1.54, 1.807) is 0 Å². The van der Waals surface area contributed by atoms with Crippen LogP contribution in [0.15, 0.2) is 0 Å². The van der Waals surface area contributed by atoms with Gasteiger partial charge in [-0.1, -0.05) is 33.1 Å². The van der Waals surface area contributed by atoms with Crippen molar-refractivity contribution in [2.24, 2.45) is 0 Å². The van der Waals surface area contributed by atoms with Gasteiger partial charge in [-0.25, -0.2) is 0 Å². The molecule has 0 saturated heterocycles. The molecule has 0 rings (SSSR count). The molecule has 0 radical (unpaired) electrons. The second kappa shape index (κ2) is 10.4. The highest BCUT2D eigenvalue weighted by atomic mass is 32.2. The lowest BCUT2D eigenvalue weighted by Gasteiger charge is -2.08. The zero-order chi connectivity index (χ0) is 9.94. The van der Waals surface area contributed by atoms with Gasteiger partial charge in [-0.2, -0.15) is 11.8 Å². The Bertz CT molecular complexity index is 96.1. The van der Waals surface area contributed by atoms with Crippen molar-refractivity contribution in [3.8, 4) is 0 Å². The van der Waals surface area contributed by atoms with Crippen molar-refractivity contribution in [3.63, 3.8) is 0 Å². The Labute approximate surface area is 87.3 Å². The second-order valence-corrected chi connectivity index (χ2v) is 4.78. The molecule has 1 nitrogen and oxygen atoms in total. The summed E-state index contributed by atoms with van der Waals surface area (Å²) in [7, 11) is 0. The maximum absolute atomic E-state index is 9.52. The first-order valence-electron chi connectivity index (χ1n) is 5.57. The molecule has 0 bridgehead atoms. The van der Waals surface area contributed by atoms with Crippen molar-refractivity contribution in [1.29, 1.82) is 0 Å². The third-order valence-electron chi connectivity index (χ3n) is 2.13. The largest absolute Gasteiger partial charge is 0.393 e. The summed E-state index contributed by atoms with van der Waals surface area (Å²) in [6, 6.07) is 0. The SMILES string of the molecule is CCCCSCCC(O)CCCC. The van der Waals surface area contributed by atoms with E-state index < -0.39 is 0 Å². The topological polar surface area (TPSA) is 20.2 Å². The molecule has 80 valence electrons. The molecule has 0 fully saturated rings. The van der Waals surface area contributed by atoms with Crippen LogP contribution in [0.4, 0.5) is 0 Å². The Morgan fingerprint density at radius 1 is 1.00 bits per heavy atom. The van der Waals surface area contributed by atoms with Crippen LogP contribution in [-0.2, 0) is 0 Å². The molecule has 0 amide bonds. The zero-order valence-electron chi connectivity index (χ0n) is 9.09. The van der Waals surface area contributed by atoms with Gasteiger partial charge in [0.2, 0.25) is 0 Å². The maximum atomic E-state index is 9.52. The Kier molecular flexibility index (Phi) is 10.6. The monoisotopic (exact) mass is 204 g/mol. The van der Waals surface area contributed by atoms with Crippen molar-refractivity contribution in [2.45, 2.75) is 58.5 Å². The lowest BCUT2D eigenvalue weighted by atomic mass is 10.1. The molecule has 13 heavy (non-hydrogen) atoms. The third-order valence-corrected chi connectivity index (χ3v) is 3.23. The Balaban J connectivity index is 3.03. The van der Waals surface area contributed by atoms with Crippen LogP contribution in [-0.4, -0.2) is 22.7 Å². The number of aliphatic hydroxyl groups is 1. The predicted octanol–water partition coefficient (Wildman–Crippen LogP) is 3.46. The van der Waals surface area contributed by atoms with E-state index in [9.17, 15) is 5.11 Å². The quantitative estimate of drug-likeness (QED) is 0.580. The Hall–Kier alpha value is 0.310. The minimum Gasteiger partial charge on any atom is -0.393 e. The molecule has 0 aromatic carbocycles.